The first-order valence-electron chi connectivity index (χ1n) is 22.7. The number of anilines is 5. The van der Waals surface area contributed by atoms with Gasteiger partial charge < -0.3 is 9.71 Å². The molecule has 0 radical (unpaired) electrons. The van der Waals surface area contributed by atoms with E-state index in [0.717, 1.165) is 0 Å². The topological polar surface area (TPSA) is 6.48 Å². The highest BCUT2D eigenvalue weighted by atomic mass is 15.2. The molecule has 0 saturated heterocycles. The third kappa shape index (κ3) is 6.07. The lowest BCUT2D eigenvalue weighted by Gasteiger charge is -2.47. The lowest BCUT2D eigenvalue weighted by atomic mass is 9.43. The van der Waals surface area contributed by atoms with Crippen molar-refractivity contribution < 1.29 is 0 Å². The first-order chi connectivity index (χ1) is 30.2. The van der Waals surface area contributed by atoms with Crippen LogP contribution in [0.4, 0.5) is 28.4 Å². The Bertz CT molecular complexity index is 3110. The Morgan fingerprint density at radius 2 is 1.10 bits per heavy atom. The summed E-state index contributed by atoms with van der Waals surface area (Å²) in [5.41, 5.74) is 25.4. The predicted octanol–water partition coefficient (Wildman–Crippen LogP) is 14.9. The number of aryl methyl sites for hydroxylation is 1. The van der Waals surface area contributed by atoms with Crippen molar-refractivity contribution in [2.45, 2.75) is 78.6 Å². The van der Waals surface area contributed by atoms with Gasteiger partial charge in [0.25, 0.3) is 0 Å². The fourth-order valence-corrected chi connectivity index (χ4v) is 11.0. The Kier molecular flexibility index (Phi) is 8.71. The van der Waals surface area contributed by atoms with Crippen molar-refractivity contribution in [3.63, 3.8) is 0 Å². The number of hydrogen-bond acceptors (Lipinski definition) is 2. The molecule has 0 bridgehead atoms. The summed E-state index contributed by atoms with van der Waals surface area (Å²) in [7, 11) is 0. The van der Waals surface area contributed by atoms with E-state index in [-0.39, 0.29) is 23.1 Å². The molecule has 0 atom stereocenters. The molecule has 63 heavy (non-hydrogen) atoms. The Hall–Kier alpha value is -6.58. The van der Waals surface area contributed by atoms with Gasteiger partial charge in [-0.25, -0.2) is 0 Å². The summed E-state index contributed by atoms with van der Waals surface area (Å²) in [4.78, 5) is 5.35. The maximum Gasteiger partial charge on any atom is 0.333 e. The molecule has 0 unspecified atom stereocenters. The van der Waals surface area contributed by atoms with Crippen molar-refractivity contribution >= 4 is 46.2 Å². The number of nitrogens with zero attached hydrogens (tertiary/aromatic N) is 2. The smallest absolute Gasteiger partial charge is 0.333 e. The zero-order valence-corrected chi connectivity index (χ0v) is 38.1. The second kappa shape index (κ2) is 14.0. The second-order valence-corrected chi connectivity index (χ2v) is 20.7. The van der Waals surface area contributed by atoms with Gasteiger partial charge in [-0.3, -0.25) is 0 Å². The molecule has 2 nitrogen and oxygen atoms in total. The minimum atomic E-state index is -0.256. The van der Waals surface area contributed by atoms with Gasteiger partial charge in [0.15, 0.2) is 0 Å². The van der Waals surface area contributed by atoms with Gasteiger partial charge in [-0.05, 0) is 132 Å². The van der Waals surface area contributed by atoms with Crippen LogP contribution in [0.1, 0.15) is 83.2 Å². The van der Waals surface area contributed by atoms with Gasteiger partial charge in [0, 0.05) is 39.3 Å². The summed E-state index contributed by atoms with van der Waals surface area (Å²) < 4.78 is 0. The number of hydrogen-bond donors (Lipinski definition) is 0. The molecule has 0 saturated carbocycles. The molecule has 11 rings (SSSR count). The van der Waals surface area contributed by atoms with Crippen molar-refractivity contribution in [2.75, 3.05) is 9.71 Å². The fraction of sp³-hybridized carbons (Fsp3) is 0.200. The average Bonchev–Trinajstić information content (AvgIpc) is 3.52. The Morgan fingerprint density at radius 3 is 1.79 bits per heavy atom. The van der Waals surface area contributed by atoms with E-state index in [0.29, 0.717) is 0 Å². The predicted molar refractivity (Wildman–Crippen MR) is 271 cm³/mol. The van der Waals surface area contributed by atoms with E-state index in [1.165, 1.54) is 112 Å². The summed E-state index contributed by atoms with van der Waals surface area (Å²) in [5, 5.41) is 0. The quantitative estimate of drug-likeness (QED) is 0.163. The number of fused-ring (bicyclic) bond motifs is 8. The standard InChI is InChI=1S/C60H55BN2/c1-38-34-49-48-36-41(39-18-12-10-13-19-39)24-32-53(48)63(44-28-25-42(26-29-44)58(2,3)4)61-51-31-30-46-45-22-16-17-23-50(45)60(8,9)55(46)57(51)62(54(35-38)56(49)61)52-33-27-43(59(5,6)7)37-47(52)40-20-14-11-15-21-40/h10-37H,1-9H3. The average molecular weight is 815 g/mol. The molecule has 0 spiro atoms. The van der Waals surface area contributed by atoms with Crippen molar-refractivity contribution in [2.24, 2.45) is 0 Å². The third-order valence-electron chi connectivity index (χ3n) is 14.2. The SMILES string of the molecule is Cc1cc2c3c(c1)N(c1ccc(C(C)(C)C)cc1-c1ccccc1)c1c(ccc4c1C(C)(C)c1ccccc1-4)B3N(c1ccc(C(C)(C)C)cc1)c1ccc(-c3ccccc3)cc1-2. The van der Waals surface area contributed by atoms with Crippen LogP contribution in [0.3, 0.4) is 0 Å². The van der Waals surface area contributed by atoms with Crippen LogP contribution in [0.25, 0.3) is 44.5 Å². The maximum atomic E-state index is 2.69. The summed E-state index contributed by atoms with van der Waals surface area (Å²) in [6.07, 6.45) is 0. The molecule has 3 aliphatic rings. The van der Waals surface area contributed by atoms with E-state index >= 15 is 0 Å². The molecule has 8 aromatic carbocycles. The molecule has 8 aromatic rings. The zero-order chi connectivity index (χ0) is 43.6. The fourth-order valence-electron chi connectivity index (χ4n) is 11.0. The molecule has 0 aromatic heterocycles. The summed E-state index contributed by atoms with van der Waals surface area (Å²) >= 11 is 0. The number of benzene rings is 8. The normalized spacial score (nSPS) is 14.5. The third-order valence-corrected chi connectivity index (χ3v) is 14.2. The van der Waals surface area contributed by atoms with E-state index in [2.05, 4.69) is 242 Å². The first kappa shape index (κ1) is 39.3. The van der Waals surface area contributed by atoms with Gasteiger partial charge in [-0.15, -0.1) is 0 Å². The van der Waals surface area contributed by atoms with Gasteiger partial charge in [-0.1, -0.05) is 183 Å². The lowest BCUT2D eigenvalue weighted by Crippen LogP contribution is -2.62. The molecular formula is C60H55BN2. The highest BCUT2D eigenvalue weighted by molar-refractivity contribution is 6.93. The van der Waals surface area contributed by atoms with Crippen molar-refractivity contribution in [3.8, 4) is 44.5 Å². The van der Waals surface area contributed by atoms with Crippen LogP contribution in [0.2, 0.25) is 0 Å². The lowest BCUT2D eigenvalue weighted by molar-refractivity contribution is 0.590. The second-order valence-electron chi connectivity index (χ2n) is 20.7. The molecule has 2 heterocycles. The molecule has 308 valence electrons. The van der Waals surface area contributed by atoms with E-state index in [1.54, 1.807) is 0 Å². The Morgan fingerprint density at radius 1 is 0.460 bits per heavy atom. The first-order valence-corrected chi connectivity index (χ1v) is 22.7. The van der Waals surface area contributed by atoms with Crippen molar-refractivity contribution in [1.29, 1.82) is 0 Å². The minimum Gasteiger partial charge on any atom is -0.376 e. The van der Waals surface area contributed by atoms with Crippen molar-refractivity contribution in [3.05, 3.63) is 198 Å². The molecule has 0 amide bonds. The summed E-state index contributed by atoms with van der Waals surface area (Å²) in [6, 6.07) is 64.7. The van der Waals surface area contributed by atoms with Crippen LogP contribution in [0, 0.1) is 6.92 Å². The Labute approximate surface area is 375 Å². The van der Waals surface area contributed by atoms with Crippen LogP contribution < -0.4 is 20.6 Å². The van der Waals surface area contributed by atoms with Crippen LogP contribution in [-0.2, 0) is 16.2 Å². The summed E-state index contributed by atoms with van der Waals surface area (Å²) in [6.45, 7) is 21.0. The van der Waals surface area contributed by atoms with E-state index in [1.807, 2.05) is 0 Å². The van der Waals surface area contributed by atoms with E-state index in [9.17, 15) is 0 Å². The molecule has 0 N–H and O–H groups in total. The van der Waals surface area contributed by atoms with Crippen LogP contribution in [0.5, 0.6) is 0 Å². The van der Waals surface area contributed by atoms with Crippen LogP contribution in [-0.4, -0.2) is 6.85 Å². The van der Waals surface area contributed by atoms with E-state index < -0.39 is 0 Å². The molecule has 1 aliphatic carbocycles. The van der Waals surface area contributed by atoms with Gasteiger partial charge in [0.1, 0.15) is 0 Å². The Balaban J connectivity index is 1.28. The zero-order valence-electron chi connectivity index (χ0n) is 38.1. The number of rotatable bonds is 4. The summed E-state index contributed by atoms with van der Waals surface area (Å²) in [5.74, 6) is 0. The highest BCUT2D eigenvalue weighted by Gasteiger charge is 2.49. The van der Waals surface area contributed by atoms with Crippen molar-refractivity contribution in [1.82, 2.24) is 0 Å². The molecule has 3 heteroatoms. The van der Waals surface area contributed by atoms with Crippen LogP contribution >= 0.6 is 0 Å². The maximum absolute atomic E-state index is 2.69. The molecule has 0 fully saturated rings. The molecular weight excluding hydrogens is 759 g/mol. The van der Waals surface area contributed by atoms with E-state index in [4.69, 9.17) is 0 Å². The minimum absolute atomic E-state index is 0.0243. The van der Waals surface area contributed by atoms with Gasteiger partial charge in [-0.2, -0.15) is 0 Å². The van der Waals surface area contributed by atoms with Gasteiger partial charge >= 0.3 is 6.85 Å². The largest absolute Gasteiger partial charge is 0.376 e. The van der Waals surface area contributed by atoms with Gasteiger partial charge in [0.05, 0.1) is 5.69 Å². The van der Waals surface area contributed by atoms with Crippen LogP contribution in [0.15, 0.2) is 170 Å². The van der Waals surface area contributed by atoms with Gasteiger partial charge in [0.2, 0.25) is 0 Å². The molecule has 2 aliphatic heterocycles. The monoisotopic (exact) mass is 814 g/mol. The highest BCUT2D eigenvalue weighted by Crippen LogP contribution is 2.57.